The number of amides is 1. The summed E-state index contributed by atoms with van der Waals surface area (Å²) in [6.45, 7) is -2.25. The number of nitrogens with zero attached hydrogens (tertiary/aromatic N) is 1. The molecular formula is C16H17F2NO4. The number of ether oxygens (including phenoxy) is 2. The molecule has 0 bridgehead atoms. The lowest BCUT2D eigenvalue weighted by atomic mass is 10.2. The number of methoxy groups -OCH3 is 1. The summed E-state index contributed by atoms with van der Waals surface area (Å²) in [5.41, 5.74) is 0.783. The first-order valence-corrected chi connectivity index (χ1v) is 6.86. The number of alkyl halides is 2. The van der Waals surface area contributed by atoms with Gasteiger partial charge in [-0.25, -0.2) is 0 Å². The number of hydrogen-bond donors (Lipinski definition) is 0. The van der Waals surface area contributed by atoms with Crippen LogP contribution in [0.4, 0.5) is 8.78 Å². The van der Waals surface area contributed by atoms with Gasteiger partial charge in [0.2, 0.25) is 0 Å². The Hall–Kier alpha value is -2.41. The molecule has 0 saturated carbocycles. The molecule has 0 atom stereocenters. The Morgan fingerprint density at radius 1 is 1.22 bits per heavy atom. The van der Waals surface area contributed by atoms with Gasteiger partial charge in [0.05, 0.1) is 0 Å². The smallest absolute Gasteiger partial charge is 0.387 e. The van der Waals surface area contributed by atoms with Crippen LogP contribution in [-0.2, 0) is 17.9 Å². The van der Waals surface area contributed by atoms with Gasteiger partial charge in [-0.1, -0.05) is 12.1 Å². The van der Waals surface area contributed by atoms with Gasteiger partial charge in [0.25, 0.3) is 5.91 Å². The number of carbonyl (C=O) groups is 1. The van der Waals surface area contributed by atoms with Crippen molar-refractivity contribution in [2.75, 3.05) is 14.2 Å². The second-order valence-electron chi connectivity index (χ2n) is 4.88. The molecule has 0 aliphatic heterocycles. The van der Waals surface area contributed by atoms with Crippen molar-refractivity contribution in [3.63, 3.8) is 0 Å². The van der Waals surface area contributed by atoms with Gasteiger partial charge in [-0.15, -0.1) is 0 Å². The third-order valence-corrected chi connectivity index (χ3v) is 3.07. The molecule has 5 nitrogen and oxygen atoms in total. The van der Waals surface area contributed by atoms with Crippen molar-refractivity contribution in [2.24, 2.45) is 0 Å². The van der Waals surface area contributed by atoms with Crippen LogP contribution >= 0.6 is 0 Å². The van der Waals surface area contributed by atoms with E-state index in [1.165, 1.54) is 24.1 Å². The first kappa shape index (κ1) is 17.0. The van der Waals surface area contributed by atoms with E-state index in [0.717, 1.165) is 5.56 Å². The number of rotatable bonds is 7. The molecule has 0 aliphatic carbocycles. The van der Waals surface area contributed by atoms with Crippen LogP contribution in [0.25, 0.3) is 0 Å². The Balaban J connectivity index is 1.97. The van der Waals surface area contributed by atoms with E-state index in [-0.39, 0.29) is 17.4 Å². The molecule has 0 N–H and O–H groups in total. The van der Waals surface area contributed by atoms with Crippen molar-refractivity contribution in [3.8, 4) is 5.75 Å². The van der Waals surface area contributed by atoms with Crippen LogP contribution in [-0.4, -0.2) is 31.6 Å². The second kappa shape index (κ2) is 7.73. The van der Waals surface area contributed by atoms with Crippen LogP contribution in [0.2, 0.25) is 0 Å². The van der Waals surface area contributed by atoms with E-state index in [1.807, 2.05) is 0 Å². The molecule has 2 aromatic rings. The maximum Gasteiger partial charge on any atom is 0.387 e. The standard InChI is InChI=1S/C16H17F2NO4/c1-19(15(20)14-8-7-13(22-14)10-21-2)9-11-3-5-12(6-4-11)23-16(17)18/h3-8,16H,9-10H2,1-2H3. The Morgan fingerprint density at radius 2 is 1.91 bits per heavy atom. The Bertz CT molecular complexity index is 640. The van der Waals surface area contributed by atoms with Crippen molar-refractivity contribution in [1.29, 1.82) is 0 Å². The quantitative estimate of drug-likeness (QED) is 0.784. The van der Waals surface area contributed by atoms with Gasteiger partial charge in [-0.05, 0) is 29.8 Å². The molecule has 0 aliphatic rings. The molecule has 1 aromatic heterocycles. The zero-order chi connectivity index (χ0) is 16.8. The van der Waals surface area contributed by atoms with Gasteiger partial charge in [-0.3, -0.25) is 4.79 Å². The molecular weight excluding hydrogens is 308 g/mol. The number of furan rings is 1. The van der Waals surface area contributed by atoms with Crippen molar-refractivity contribution >= 4 is 5.91 Å². The van der Waals surface area contributed by atoms with Crippen LogP contribution in [0.15, 0.2) is 40.8 Å². The van der Waals surface area contributed by atoms with E-state index in [4.69, 9.17) is 9.15 Å². The van der Waals surface area contributed by atoms with Crippen molar-refractivity contribution in [3.05, 3.63) is 53.5 Å². The van der Waals surface area contributed by atoms with Gasteiger partial charge in [0.15, 0.2) is 5.76 Å². The summed E-state index contributed by atoms with van der Waals surface area (Å²) in [5.74, 6) is 0.586. The summed E-state index contributed by atoms with van der Waals surface area (Å²) >= 11 is 0. The fraction of sp³-hybridized carbons (Fsp3) is 0.312. The predicted molar refractivity (Wildman–Crippen MR) is 78.3 cm³/mol. The second-order valence-corrected chi connectivity index (χ2v) is 4.88. The van der Waals surface area contributed by atoms with E-state index in [9.17, 15) is 13.6 Å². The van der Waals surface area contributed by atoms with Gasteiger partial charge in [0.1, 0.15) is 18.1 Å². The van der Waals surface area contributed by atoms with E-state index < -0.39 is 6.61 Å². The highest BCUT2D eigenvalue weighted by atomic mass is 19.3. The Morgan fingerprint density at radius 3 is 2.52 bits per heavy atom. The minimum absolute atomic E-state index is 0.0768. The molecule has 0 unspecified atom stereocenters. The van der Waals surface area contributed by atoms with Crippen LogP contribution in [0.5, 0.6) is 5.75 Å². The summed E-state index contributed by atoms with van der Waals surface area (Å²) in [4.78, 5) is 13.7. The molecule has 0 radical (unpaired) electrons. The fourth-order valence-corrected chi connectivity index (χ4v) is 2.02. The van der Waals surface area contributed by atoms with Crippen molar-refractivity contribution in [2.45, 2.75) is 19.8 Å². The lowest BCUT2D eigenvalue weighted by Crippen LogP contribution is -2.25. The molecule has 0 fully saturated rings. The van der Waals surface area contributed by atoms with E-state index in [0.29, 0.717) is 18.9 Å². The first-order chi connectivity index (χ1) is 11.0. The summed E-state index contributed by atoms with van der Waals surface area (Å²) in [7, 11) is 3.17. The number of benzene rings is 1. The van der Waals surface area contributed by atoms with E-state index in [1.54, 1.807) is 31.3 Å². The molecule has 2 rings (SSSR count). The lowest BCUT2D eigenvalue weighted by molar-refractivity contribution is -0.0498. The predicted octanol–water partition coefficient (Wildman–Crippen LogP) is 3.30. The highest BCUT2D eigenvalue weighted by Crippen LogP contribution is 2.17. The third-order valence-electron chi connectivity index (χ3n) is 3.07. The number of carbonyl (C=O) groups excluding carboxylic acids is 1. The molecule has 1 amide bonds. The molecule has 0 saturated heterocycles. The fourth-order valence-electron chi connectivity index (χ4n) is 2.02. The zero-order valence-corrected chi connectivity index (χ0v) is 12.8. The normalized spacial score (nSPS) is 10.8. The van der Waals surface area contributed by atoms with Crippen LogP contribution in [0, 0.1) is 0 Å². The topological polar surface area (TPSA) is 51.9 Å². The van der Waals surface area contributed by atoms with E-state index in [2.05, 4.69) is 4.74 Å². The van der Waals surface area contributed by atoms with Crippen molar-refractivity contribution in [1.82, 2.24) is 4.90 Å². The molecule has 7 heteroatoms. The summed E-state index contributed by atoms with van der Waals surface area (Å²) in [6, 6.07) is 9.39. The molecule has 1 heterocycles. The van der Waals surface area contributed by atoms with Crippen molar-refractivity contribution < 1.29 is 27.5 Å². The molecule has 0 spiro atoms. The van der Waals surface area contributed by atoms with Crippen LogP contribution in [0.1, 0.15) is 21.9 Å². The highest BCUT2D eigenvalue weighted by molar-refractivity contribution is 5.91. The largest absolute Gasteiger partial charge is 0.453 e. The average molecular weight is 325 g/mol. The van der Waals surface area contributed by atoms with Gasteiger partial charge >= 0.3 is 6.61 Å². The Kier molecular flexibility index (Phi) is 5.70. The minimum atomic E-state index is -2.86. The van der Waals surface area contributed by atoms with Gasteiger partial charge < -0.3 is 18.8 Å². The van der Waals surface area contributed by atoms with Gasteiger partial charge in [-0.2, -0.15) is 8.78 Å². The number of halogens is 2. The third kappa shape index (κ3) is 4.79. The maximum atomic E-state index is 12.2. The number of hydrogen-bond acceptors (Lipinski definition) is 4. The molecule has 1 aromatic carbocycles. The van der Waals surface area contributed by atoms with E-state index >= 15 is 0 Å². The zero-order valence-electron chi connectivity index (χ0n) is 12.8. The minimum Gasteiger partial charge on any atom is -0.453 e. The Labute approximate surface area is 132 Å². The molecule has 23 heavy (non-hydrogen) atoms. The first-order valence-electron chi connectivity index (χ1n) is 6.86. The SMILES string of the molecule is COCc1ccc(C(=O)N(C)Cc2ccc(OC(F)F)cc2)o1. The maximum absolute atomic E-state index is 12.2. The average Bonchev–Trinajstić information content (AvgIpc) is 2.97. The lowest BCUT2D eigenvalue weighted by Gasteiger charge is -2.16. The monoisotopic (exact) mass is 325 g/mol. The van der Waals surface area contributed by atoms with Crippen LogP contribution < -0.4 is 4.74 Å². The highest BCUT2D eigenvalue weighted by Gasteiger charge is 2.16. The molecule has 124 valence electrons. The van der Waals surface area contributed by atoms with Crippen LogP contribution in [0.3, 0.4) is 0 Å². The summed E-state index contributed by atoms with van der Waals surface area (Å²) < 4.78 is 38.8. The summed E-state index contributed by atoms with van der Waals surface area (Å²) in [6.07, 6.45) is 0. The summed E-state index contributed by atoms with van der Waals surface area (Å²) in [5, 5.41) is 0. The van der Waals surface area contributed by atoms with Gasteiger partial charge in [0, 0.05) is 20.7 Å².